The van der Waals surface area contributed by atoms with Gasteiger partial charge in [0.15, 0.2) is 0 Å². The monoisotopic (exact) mass is 309 g/mol. The Hall–Kier alpha value is -1.52. The number of nitro benzene ring substituents is 1. The van der Waals surface area contributed by atoms with E-state index in [0.29, 0.717) is 0 Å². The first-order valence-electron chi connectivity index (χ1n) is 4.22. The van der Waals surface area contributed by atoms with Crippen LogP contribution in [-0.4, -0.2) is 10.4 Å². The van der Waals surface area contributed by atoms with E-state index in [1.54, 1.807) is 0 Å². The van der Waals surface area contributed by atoms with Crippen LogP contribution >= 0.6 is 11.8 Å². The van der Waals surface area contributed by atoms with Crippen LogP contribution < -0.4 is 0 Å². The molecule has 1 rings (SSSR count). The summed E-state index contributed by atoms with van der Waals surface area (Å²) in [6.45, 7) is 0. The van der Waals surface area contributed by atoms with E-state index in [0.717, 1.165) is 0 Å². The molecule has 0 saturated heterocycles. The van der Waals surface area contributed by atoms with Crippen LogP contribution in [0.15, 0.2) is 17.0 Å². The minimum absolute atomic E-state index is 0.0870. The lowest BCUT2D eigenvalue weighted by molar-refractivity contribution is -0.388. The number of hydrogen-bond acceptors (Lipinski definition) is 3. The fraction of sp³-hybridized carbons (Fsp3) is 0.250. The number of alkyl halides is 6. The number of halogens is 7. The van der Waals surface area contributed by atoms with E-state index in [1.807, 2.05) is 0 Å². The van der Waals surface area contributed by atoms with Gasteiger partial charge in [-0.05, 0) is 17.8 Å². The summed E-state index contributed by atoms with van der Waals surface area (Å²) in [4.78, 5) is 7.57. The number of hydrogen-bond donors (Lipinski definition) is 0. The molecule has 0 heterocycles. The molecule has 0 unspecified atom stereocenters. The van der Waals surface area contributed by atoms with Gasteiger partial charge in [-0.2, -0.15) is 26.3 Å². The van der Waals surface area contributed by atoms with Crippen molar-refractivity contribution in [3.8, 4) is 0 Å². The van der Waals surface area contributed by atoms with E-state index < -0.39 is 50.3 Å². The highest BCUT2D eigenvalue weighted by atomic mass is 32.2. The van der Waals surface area contributed by atoms with E-state index in [1.165, 1.54) is 0 Å². The van der Waals surface area contributed by atoms with Gasteiger partial charge in [-0.1, -0.05) is 0 Å². The maximum Gasteiger partial charge on any atom is 0.446 e. The van der Waals surface area contributed by atoms with Gasteiger partial charge in [0.05, 0.1) is 9.82 Å². The summed E-state index contributed by atoms with van der Waals surface area (Å²) in [5, 5.41) is 10.4. The third-order valence-corrected chi connectivity index (χ3v) is 2.54. The highest BCUT2D eigenvalue weighted by molar-refractivity contribution is 8.00. The van der Waals surface area contributed by atoms with Crippen molar-refractivity contribution in [2.75, 3.05) is 0 Å². The Morgan fingerprint density at radius 3 is 2.00 bits per heavy atom. The summed E-state index contributed by atoms with van der Waals surface area (Å²) in [7, 11) is 0. The molecule has 11 heteroatoms. The van der Waals surface area contributed by atoms with Crippen LogP contribution in [-0.2, 0) is 6.18 Å². The van der Waals surface area contributed by atoms with Gasteiger partial charge < -0.3 is 0 Å². The Bertz CT molecular complexity index is 511. The molecule has 0 amide bonds. The molecule has 0 aliphatic carbocycles. The quantitative estimate of drug-likeness (QED) is 0.353. The van der Waals surface area contributed by atoms with E-state index in [9.17, 15) is 40.8 Å². The number of thioether (sulfide) groups is 1. The van der Waals surface area contributed by atoms with Crippen molar-refractivity contribution in [2.24, 2.45) is 0 Å². The van der Waals surface area contributed by atoms with Crippen molar-refractivity contribution in [1.29, 1.82) is 0 Å². The Balaban J connectivity index is 3.42. The van der Waals surface area contributed by atoms with Crippen LogP contribution in [0.3, 0.4) is 0 Å². The maximum absolute atomic E-state index is 13.1. The molecule has 0 aromatic heterocycles. The molecule has 19 heavy (non-hydrogen) atoms. The molecule has 0 aliphatic rings. The zero-order valence-electron chi connectivity index (χ0n) is 8.47. The molecule has 3 nitrogen and oxygen atoms in total. The van der Waals surface area contributed by atoms with Gasteiger partial charge in [0.1, 0.15) is 11.4 Å². The van der Waals surface area contributed by atoms with Gasteiger partial charge in [0, 0.05) is 6.07 Å². The third-order valence-electron chi connectivity index (χ3n) is 1.78. The third kappa shape index (κ3) is 3.98. The number of rotatable bonds is 2. The first-order chi connectivity index (χ1) is 8.42. The summed E-state index contributed by atoms with van der Waals surface area (Å²) < 4.78 is 86.2. The lowest BCUT2D eigenvalue weighted by Crippen LogP contribution is -2.10. The zero-order valence-corrected chi connectivity index (χ0v) is 9.29. The normalized spacial score (nSPS) is 12.6. The molecule has 0 atom stereocenters. The molecule has 0 saturated carbocycles. The van der Waals surface area contributed by atoms with E-state index in [4.69, 9.17) is 0 Å². The minimum atomic E-state index is -5.25. The summed E-state index contributed by atoms with van der Waals surface area (Å²) in [6.07, 6.45) is -5.25. The molecular weight excluding hydrogens is 307 g/mol. The largest absolute Gasteiger partial charge is 0.446 e. The molecule has 0 radical (unpaired) electrons. The van der Waals surface area contributed by atoms with Crippen molar-refractivity contribution in [3.63, 3.8) is 0 Å². The summed E-state index contributed by atoms with van der Waals surface area (Å²) in [6, 6.07) is -0.414. The van der Waals surface area contributed by atoms with E-state index in [2.05, 4.69) is 0 Å². The number of nitrogens with zero attached hydrogens (tertiary/aromatic N) is 1. The first-order valence-corrected chi connectivity index (χ1v) is 5.04. The smallest absolute Gasteiger partial charge is 0.258 e. The second-order valence-electron chi connectivity index (χ2n) is 3.10. The van der Waals surface area contributed by atoms with Gasteiger partial charge in [-0.15, -0.1) is 0 Å². The van der Waals surface area contributed by atoms with Crippen LogP contribution in [0.4, 0.5) is 36.4 Å². The lowest BCUT2D eigenvalue weighted by Gasteiger charge is -2.11. The number of nitro groups is 1. The number of benzene rings is 1. The Morgan fingerprint density at radius 1 is 1.11 bits per heavy atom. The van der Waals surface area contributed by atoms with E-state index in [-0.39, 0.29) is 12.1 Å². The van der Waals surface area contributed by atoms with Gasteiger partial charge in [0.2, 0.25) is 0 Å². The van der Waals surface area contributed by atoms with Gasteiger partial charge in [-0.25, -0.2) is 4.39 Å². The Kier molecular flexibility index (Phi) is 3.98. The van der Waals surface area contributed by atoms with Crippen molar-refractivity contribution in [3.05, 3.63) is 33.6 Å². The lowest BCUT2D eigenvalue weighted by atomic mass is 10.1. The van der Waals surface area contributed by atoms with Crippen LogP contribution in [0, 0.1) is 15.9 Å². The summed E-state index contributed by atoms with van der Waals surface area (Å²) in [5.41, 5.74) is -8.56. The highest BCUT2D eigenvalue weighted by Gasteiger charge is 2.41. The standard InChI is InChI=1S/C8H2F7NO2S/c9-4-1-3(7(10,11)12)5(16(17)18)2-6(4)19-8(13,14)15/h1-2H. The second kappa shape index (κ2) is 4.87. The molecule has 0 fully saturated rings. The molecule has 1 aromatic carbocycles. The van der Waals surface area contributed by atoms with Crippen molar-refractivity contribution < 1.29 is 35.7 Å². The summed E-state index contributed by atoms with van der Waals surface area (Å²) >= 11 is -1.07. The zero-order chi connectivity index (χ0) is 15.0. The van der Waals surface area contributed by atoms with Gasteiger partial charge in [-0.3, -0.25) is 10.1 Å². The molecule has 106 valence electrons. The topological polar surface area (TPSA) is 43.1 Å². The molecule has 0 aliphatic heterocycles. The minimum Gasteiger partial charge on any atom is -0.258 e. The van der Waals surface area contributed by atoms with Crippen molar-refractivity contribution in [2.45, 2.75) is 16.6 Å². The average Bonchev–Trinajstić information content (AvgIpc) is 2.16. The van der Waals surface area contributed by atoms with E-state index >= 15 is 0 Å². The molecular formula is C8H2F7NO2S. The van der Waals surface area contributed by atoms with Crippen LogP contribution in [0.2, 0.25) is 0 Å². The first kappa shape index (κ1) is 15.5. The SMILES string of the molecule is O=[N+]([O-])c1cc(SC(F)(F)F)c(F)cc1C(F)(F)F. The maximum atomic E-state index is 13.1. The van der Waals surface area contributed by atoms with Gasteiger partial charge >= 0.3 is 11.7 Å². The van der Waals surface area contributed by atoms with Crippen LogP contribution in [0.25, 0.3) is 0 Å². The van der Waals surface area contributed by atoms with Gasteiger partial charge in [0.25, 0.3) is 5.69 Å². The molecule has 1 aromatic rings. The van der Waals surface area contributed by atoms with Crippen LogP contribution in [0.5, 0.6) is 0 Å². The fourth-order valence-corrected chi connectivity index (χ4v) is 1.70. The molecule has 0 spiro atoms. The fourth-order valence-electron chi connectivity index (χ4n) is 1.12. The predicted octanol–water partition coefficient (Wildman–Crippen LogP) is 4.36. The molecule has 0 N–H and O–H groups in total. The Labute approximate surface area is 104 Å². The predicted molar refractivity (Wildman–Crippen MR) is 50.0 cm³/mol. The van der Waals surface area contributed by atoms with Crippen molar-refractivity contribution >= 4 is 17.4 Å². The second-order valence-corrected chi connectivity index (χ2v) is 4.21. The van der Waals surface area contributed by atoms with Crippen LogP contribution in [0.1, 0.15) is 5.56 Å². The van der Waals surface area contributed by atoms with Crippen molar-refractivity contribution in [1.82, 2.24) is 0 Å². The Morgan fingerprint density at radius 2 is 1.63 bits per heavy atom. The highest BCUT2D eigenvalue weighted by Crippen LogP contribution is 2.43. The summed E-state index contributed by atoms with van der Waals surface area (Å²) in [5.74, 6) is -1.83. The average molecular weight is 309 g/mol. The molecule has 0 bridgehead atoms.